The van der Waals surface area contributed by atoms with Crippen LogP contribution in [0.3, 0.4) is 0 Å². The van der Waals surface area contributed by atoms with Crippen LogP contribution in [-0.4, -0.2) is 39.8 Å². The quantitative estimate of drug-likeness (QED) is 0.665. The molecular formula is C11H22O4S2. The molecule has 4 nitrogen and oxygen atoms in total. The molecule has 0 unspecified atom stereocenters. The fourth-order valence-corrected chi connectivity index (χ4v) is 2.65. The molecule has 102 valence electrons. The lowest BCUT2D eigenvalue weighted by atomic mass is 10.6. The van der Waals surface area contributed by atoms with Crippen molar-refractivity contribution in [2.45, 2.75) is 20.3 Å². The van der Waals surface area contributed by atoms with Crippen LogP contribution in [0.25, 0.3) is 0 Å². The molecule has 0 aliphatic rings. The fourth-order valence-electron chi connectivity index (χ4n) is 0.882. The van der Waals surface area contributed by atoms with E-state index in [0.717, 1.165) is 6.42 Å². The van der Waals surface area contributed by atoms with Gasteiger partial charge in [-0.25, -0.2) is 16.8 Å². The maximum absolute atomic E-state index is 10.7. The highest BCUT2D eigenvalue weighted by Gasteiger charge is 2.03. The molecule has 0 N–H and O–H groups in total. The topological polar surface area (TPSA) is 68.3 Å². The first-order valence-corrected chi connectivity index (χ1v) is 9.01. The van der Waals surface area contributed by atoms with E-state index in [0.29, 0.717) is 5.75 Å². The van der Waals surface area contributed by atoms with Crippen molar-refractivity contribution in [1.82, 2.24) is 0 Å². The lowest BCUT2D eigenvalue weighted by Gasteiger charge is -1.93. The van der Waals surface area contributed by atoms with Gasteiger partial charge in [-0.15, -0.1) is 13.2 Å². The van der Waals surface area contributed by atoms with Gasteiger partial charge >= 0.3 is 0 Å². The van der Waals surface area contributed by atoms with Crippen LogP contribution in [0.1, 0.15) is 20.3 Å². The van der Waals surface area contributed by atoms with E-state index < -0.39 is 19.7 Å². The molecule has 0 saturated heterocycles. The SMILES string of the molecule is C=CCS(=O)(=O)CC=C.CCCS(=O)(=O)CC. The zero-order valence-corrected chi connectivity index (χ0v) is 12.2. The Morgan fingerprint density at radius 3 is 1.47 bits per heavy atom. The lowest BCUT2D eigenvalue weighted by Crippen LogP contribution is -2.06. The minimum atomic E-state index is -2.92. The number of hydrogen-bond donors (Lipinski definition) is 0. The minimum absolute atomic E-state index is 0.0407. The zero-order chi connectivity index (χ0) is 13.9. The fraction of sp³-hybridized carbons (Fsp3) is 0.636. The monoisotopic (exact) mass is 282 g/mol. The first-order valence-electron chi connectivity index (χ1n) is 5.37. The molecule has 0 atom stereocenters. The summed E-state index contributed by atoms with van der Waals surface area (Å²) in [5.41, 5.74) is 0. The summed E-state index contributed by atoms with van der Waals surface area (Å²) in [7, 11) is -5.59. The second-order valence-corrected chi connectivity index (χ2v) is 8.02. The molecule has 0 rings (SSSR count). The van der Waals surface area contributed by atoms with Gasteiger partial charge in [0.15, 0.2) is 9.84 Å². The average molecular weight is 282 g/mol. The van der Waals surface area contributed by atoms with Crippen LogP contribution < -0.4 is 0 Å². The molecule has 0 heterocycles. The Kier molecular flexibility index (Phi) is 10.4. The van der Waals surface area contributed by atoms with Crippen molar-refractivity contribution < 1.29 is 16.8 Å². The molecule has 0 bridgehead atoms. The van der Waals surface area contributed by atoms with E-state index in [1.165, 1.54) is 12.2 Å². The van der Waals surface area contributed by atoms with Crippen molar-refractivity contribution in [2.75, 3.05) is 23.0 Å². The van der Waals surface area contributed by atoms with Crippen molar-refractivity contribution in [3.63, 3.8) is 0 Å². The third-order valence-electron chi connectivity index (χ3n) is 1.70. The normalized spacial score (nSPS) is 11.2. The molecule has 6 heteroatoms. The largest absolute Gasteiger partial charge is 0.229 e. The molecule has 0 aliphatic carbocycles. The van der Waals surface area contributed by atoms with E-state index >= 15 is 0 Å². The Morgan fingerprint density at radius 1 is 0.882 bits per heavy atom. The molecule has 0 aromatic carbocycles. The predicted molar refractivity (Wildman–Crippen MR) is 73.7 cm³/mol. The summed E-state index contributed by atoms with van der Waals surface area (Å²) in [5, 5.41) is 0. The van der Waals surface area contributed by atoms with Crippen molar-refractivity contribution in [3.8, 4) is 0 Å². The van der Waals surface area contributed by atoms with Crippen LogP contribution in [0.4, 0.5) is 0 Å². The van der Waals surface area contributed by atoms with E-state index in [1.54, 1.807) is 6.92 Å². The van der Waals surface area contributed by atoms with Gasteiger partial charge in [-0.05, 0) is 6.42 Å². The van der Waals surface area contributed by atoms with Crippen LogP contribution >= 0.6 is 0 Å². The van der Waals surface area contributed by atoms with Gasteiger partial charge in [0.1, 0.15) is 9.84 Å². The van der Waals surface area contributed by atoms with Gasteiger partial charge in [0.2, 0.25) is 0 Å². The van der Waals surface area contributed by atoms with Crippen LogP contribution in [0, 0.1) is 0 Å². The zero-order valence-electron chi connectivity index (χ0n) is 10.6. The first kappa shape index (κ1) is 18.7. The molecule has 0 fully saturated rings. The summed E-state index contributed by atoms with van der Waals surface area (Å²) in [6.45, 7) is 10.2. The van der Waals surface area contributed by atoms with Gasteiger partial charge in [0.25, 0.3) is 0 Å². The van der Waals surface area contributed by atoms with Crippen LogP contribution in [-0.2, 0) is 19.7 Å². The average Bonchev–Trinajstić information content (AvgIpc) is 2.18. The van der Waals surface area contributed by atoms with Crippen LogP contribution in [0.2, 0.25) is 0 Å². The third kappa shape index (κ3) is 13.3. The summed E-state index contributed by atoms with van der Waals surface area (Å²) in [4.78, 5) is 0. The smallest absolute Gasteiger partial charge is 0.157 e. The van der Waals surface area contributed by atoms with Crippen molar-refractivity contribution in [1.29, 1.82) is 0 Å². The molecule has 0 aliphatic heterocycles. The molecule has 0 radical (unpaired) electrons. The minimum Gasteiger partial charge on any atom is -0.229 e. The van der Waals surface area contributed by atoms with Gasteiger partial charge in [-0.2, -0.15) is 0 Å². The molecule has 0 spiro atoms. The molecule has 0 aromatic rings. The summed E-state index contributed by atoms with van der Waals surface area (Å²) in [6.07, 6.45) is 3.48. The summed E-state index contributed by atoms with van der Waals surface area (Å²) in [6, 6.07) is 0. The van der Waals surface area contributed by atoms with Gasteiger partial charge < -0.3 is 0 Å². The highest BCUT2D eigenvalue weighted by molar-refractivity contribution is 7.91. The van der Waals surface area contributed by atoms with E-state index in [-0.39, 0.29) is 17.3 Å². The van der Waals surface area contributed by atoms with Crippen molar-refractivity contribution >= 4 is 19.7 Å². The Bertz CT molecular complexity index is 389. The summed E-state index contributed by atoms with van der Waals surface area (Å²) < 4.78 is 42.6. The van der Waals surface area contributed by atoms with E-state index in [1.807, 2.05) is 6.92 Å². The third-order valence-corrected chi connectivity index (χ3v) is 5.10. The van der Waals surface area contributed by atoms with E-state index in [2.05, 4.69) is 13.2 Å². The maximum atomic E-state index is 10.7. The predicted octanol–water partition coefficient (Wildman–Crippen LogP) is 1.60. The molecule has 0 saturated carbocycles. The Labute approximate surface area is 105 Å². The molecule has 0 amide bonds. The molecule has 0 aromatic heterocycles. The second-order valence-electron chi connectivity index (χ2n) is 3.39. The number of rotatable bonds is 7. The number of hydrogen-bond acceptors (Lipinski definition) is 4. The van der Waals surface area contributed by atoms with Crippen molar-refractivity contribution in [3.05, 3.63) is 25.3 Å². The number of sulfone groups is 2. The summed E-state index contributed by atoms with van der Waals surface area (Å²) >= 11 is 0. The van der Waals surface area contributed by atoms with E-state index in [9.17, 15) is 16.8 Å². The van der Waals surface area contributed by atoms with Crippen LogP contribution in [0.5, 0.6) is 0 Å². The van der Waals surface area contributed by atoms with Crippen molar-refractivity contribution in [2.24, 2.45) is 0 Å². The van der Waals surface area contributed by atoms with Gasteiger partial charge in [0, 0.05) is 11.5 Å². The summed E-state index contributed by atoms with van der Waals surface area (Å²) in [5.74, 6) is 0.697. The molecule has 17 heavy (non-hydrogen) atoms. The van der Waals surface area contributed by atoms with Crippen LogP contribution in [0.15, 0.2) is 25.3 Å². The second kappa shape index (κ2) is 9.41. The first-order chi connectivity index (χ1) is 7.74. The standard InChI is InChI=1S/C6H10O2S.C5H12O2S/c1-3-5-9(7,8)6-4-2;1-3-5-8(6,7)4-2/h3-4H,1-2,5-6H2;3-5H2,1-2H3. The van der Waals surface area contributed by atoms with Gasteiger partial charge in [0.05, 0.1) is 11.5 Å². The highest BCUT2D eigenvalue weighted by atomic mass is 32.2. The van der Waals surface area contributed by atoms with E-state index in [4.69, 9.17) is 0 Å². The maximum Gasteiger partial charge on any atom is 0.157 e. The Morgan fingerprint density at radius 2 is 1.29 bits per heavy atom. The Hall–Kier alpha value is -0.620. The molecular weight excluding hydrogens is 260 g/mol. The Balaban J connectivity index is 0. The van der Waals surface area contributed by atoms with Gasteiger partial charge in [-0.3, -0.25) is 0 Å². The lowest BCUT2D eigenvalue weighted by molar-refractivity contribution is 0.595. The highest BCUT2D eigenvalue weighted by Crippen LogP contribution is 1.90. The van der Waals surface area contributed by atoms with Gasteiger partial charge in [-0.1, -0.05) is 26.0 Å².